The normalized spacial score (nSPS) is 12.3. The van der Waals surface area contributed by atoms with Crippen LogP contribution in [0.1, 0.15) is 35.6 Å². The molecule has 154 valence electrons. The number of fused-ring (bicyclic) bond motifs is 1. The molecule has 31 heavy (non-hydrogen) atoms. The molecule has 4 rings (SSSR count). The predicted molar refractivity (Wildman–Crippen MR) is 124 cm³/mol. The second-order valence-corrected chi connectivity index (χ2v) is 7.22. The van der Waals surface area contributed by atoms with Gasteiger partial charge >= 0.3 is 5.97 Å². The van der Waals surface area contributed by atoms with Crippen molar-refractivity contribution in [3.05, 3.63) is 101 Å². The molecule has 1 aromatic heterocycles. The molecule has 0 aliphatic rings. The number of carbonyl (C=O) groups is 1. The molecule has 0 unspecified atom stereocenters. The Morgan fingerprint density at radius 2 is 1.77 bits per heavy atom. The van der Waals surface area contributed by atoms with Crippen LogP contribution in [-0.4, -0.2) is 26.4 Å². The van der Waals surface area contributed by atoms with E-state index < -0.39 is 5.97 Å². The molecule has 3 N–H and O–H groups in total. The van der Waals surface area contributed by atoms with E-state index >= 15 is 0 Å². The van der Waals surface area contributed by atoms with E-state index in [-0.39, 0.29) is 5.75 Å². The molecule has 0 aliphatic heterocycles. The fourth-order valence-corrected chi connectivity index (χ4v) is 3.76. The first-order valence-electron chi connectivity index (χ1n) is 10.0. The van der Waals surface area contributed by atoms with E-state index in [1.165, 1.54) is 0 Å². The number of allylic oxidation sites excluding steroid dienone is 1. The number of aliphatic carboxylic acids is 1. The van der Waals surface area contributed by atoms with Crippen LogP contribution in [0.2, 0.25) is 0 Å². The lowest BCUT2D eigenvalue weighted by Crippen LogP contribution is -1.95. The maximum atomic E-state index is 10.8. The highest BCUT2D eigenvalue weighted by Gasteiger charge is 2.14. The lowest BCUT2D eigenvalue weighted by molar-refractivity contribution is -0.131. The van der Waals surface area contributed by atoms with Crippen LogP contribution in [0, 0.1) is 0 Å². The number of hydrogen-bond acceptors (Lipinski definition) is 3. The van der Waals surface area contributed by atoms with Gasteiger partial charge in [-0.3, -0.25) is 5.10 Å². The van der Waals surface area contributed by atoms with E-state index in [2.05, 4.69) is 29.3 Å². The third kappa shape index (κ3) is 4.41. The Morgan fingerprint density at radius 1 is 1.00 bits per heavy atom. The molecule has 5 nitrogen and oxygen atoms in total. The van der Waals surface area contributed by atoms with Gasteiger partial charge in [-0.15, -0.1) is 0 Å². The van der Waals surface area contributed by atoms with Crippen molar-refractivity contribution in [2.24, 2.45) is 0 Å². The number of phenolic OH excluding ortho intramolecular Hbond substituents is 1. The highest BCUT2D eigenvalue weighted by molar-refractivity contribution is 6.00. The number of aromatic nitrogens is 2. The minimum atomic E-state index is -0.977. The van der Waals surface area contributed by atoms with Crippen LogP contribution in [0.25, 0.3) is 28.1 Å². The Labute approximate surface area is 180 Å². The minimum absolute atomic E-state index is 0.224. The number of hydrogen-bond donors (Lipinski definition) is 3. The van der Waals surface area contributed by atoms with Gasteiger partial charge in [0.2, 0.25) is 0 Å². The third-order valence-electron chi connectivity index (χ3n) is 5.20. The van der Waals surface area contributed by atoms with Gasteiger partial charge in [0.25, 0.3) is 0 Å². The molecule has 0 bridgehead atoms. The van der Waals surface area contributed by atoms with Crippen LogP contribution >= 0.6 is 0 Å². The van der Waals surface area contributed by atoms with E-state index in [9.17, 15) is 9.90 Å². The molecule has 4 aromatic rings. The van der Waals surface area contributed by atoms with Crippen molar-refractivity contribution < 1.29 is 15.0 Å². The lowest BCUT2D eigenvalue weighted by Gasteiger charge is -2.17. The number of rotatable bonds is 6. The fourth-order valence-electron chi connectivity index (χ4n) is 3.76. The van der Waals surface area contributed by atoms with Crippen molar-refractivity contribution >= 4 is 34.1 Å². The van der Waals surface area contributed by atoms with Crippen molar-refractivity contribution in [1.82, 2.24) is 10.2 Å². The fraction of sp³-hybridized carbons (Fsp3) is 0.0769. The maximum absolute atomic E-state index is 10.8. The summed E-state index contributed by atoms with van der Waals surface area (Å²) < 4.78 is 0. The van der Waals surface area contributed by atoms with Crippen molar-refractivity contribution in [3.63, 3.8) is 0 Å². The van der Waals surface area contributed by atoms with E-state index in [1.54, 1.807) is 24.4 Å². The zero-order valence-corrected chi connectivity index (χ0v) is 17.0. The molecule has 0 amide bonds. The largest absolute Gasteiger partial charge is 0.508 e. The van der Waals surface area contributed by atoms with Crippen molar-refractivity contribution in [3.8, 4) is 5.75 Å². The van der Waals surface area contributed by atoms with Crippen LogP contribution in [0.5, 0.6) is 5.75 Å². The summed E-state index contributed by atoms with van der Waals surface area (Å²) in [5.41, 5.74) is 6.95. The molecular formula is C26H22N2O3. The van der Waals surface area contributed by atoms with Gasteiger partial charge in [-0.25, -0.2) is 4.79 Å². The molecule has 0 radical (unpaired) electrons. The van der Waals surface area contributed by atoms with Gasteiger partial charge in [0.05, 0.1) is 11.7 Å². The number of aromatic amines is 1. The van der Waals surface area contributed by atoms with Gasteiger partial charge in [-0.1, -0.05) is 49.4 Å². The number of carboxylic acid groups (broad SMARTS) is 1. The number of aromatic hydroxyl groups is 1. The molecule has 0 atom stereocenters. The van der Waals surface area contributed by atoms with E-state index in [4.69, 9.17) is 5.11 Å². The van der Waals surface area contributed by atoms with E-state index in [1.807, 2.05) is 42.5 Å². The second kappa shape index (κ2) is 8.71. The molecular weight excluding hydrogens is 388 g/mol. The zero-order valence-electron chi connectivity index (χ0n) is 17.0. The van der Waals surface area contributed by atoms with E-state index in [0.717, 1.165) is 56.8 Å². The van der Waals surface area contributed by atoms with Crippen LogP contribution in [-0.2, 0) is 4.79 Å². The summed E-state index contributed by atoms with van der Waals surface area (Å²) in [6.07, 6.45) is 5.27. The first-order chi connectivity index (χ1) is 15.0. The summed E-state index contributed by atoms with van der Waals surface area (Å²) >= 11 is 0. The topological polar surface area (TPSA) is 86.2 Å². The van der Waals surface area contributed by atoms with Gasteiger partial charge in [-0.2, -0.15) is 5.10 Å². The molecule has 1 heterocycles. The number of nitrogens with zero attached hydrogens (tertiary/aromatic N) is 1. The number of nitrogens with one attached hydrogen (secondary N) is 1. The number of benzene rings is 3. The quantitative estimate of drug-likeness (QED) is 0.280. The smallest absolute Gasteiger partial charge is 0.328 e. The van der Waals surface area contributed by atoms with Gasteiger partial charge in [-0.05, 0) is 70.2 Å². The minimum Gasteiger partial charge on any atom is -0.508 e. The van der Waals surface area contributed by atoms with Crippen LogP contribution in [0.4, 0.5) is 0 Å². The van der Waals surface area contributed by atoms with Crippen molar-refractivity contribution in [1.29, 1.82) is 0 Å². The van der Waals surface area contributed by atoms with Crippen molar-refractivity contribution in [2.45, 2.75) is 13.3 Å². The Kier molecular flexibility index (Phi) is 5.67. The Bertz CT molecular complexity index is 1300. The Morgan fingerprint density at radius 3 is 2.48 bits per heavy atom. The third-order valence-corrected chi connectivity index (χ3v) is 5.20. The lowest BCUT2D eigenvalue weighted by atomic mass is 9.87. The standard InChI is InChI=1S/C26H22N2O3/c1-2-23(19-4-3-5-22(29)15-19)26(20-11-12-24-21(14-20)16-27-28-24)18-9-6-17(7-10-18)8-13-25(30)31/h3-16,29H,2H2,1H3,(H,27,28)(H,30,31). The van der Waals surface area contributed by atoms with Gasteiger partial charge in [0.15, 0.2) is 0 Å². The van der Waals surface area contributed by atoms with Gasteiger partial charge < -0.3 is 10.2 Å². The summed E-state index contributed by atoms with van der Waals surface area (Å²) in [4.78, 5) is 10.8. The van der Waals surface area contributed by atoms with Crippen LogP contribution < -0.4 is 0 Å². The molecule has 0 saturated carbocycles. The molecule has 5 heteroatoms. The summed E-state index contributed by atoms with van der Waals surface area (Å²) in [6, 6.07) is 21.3. The first kappa shape index (κ1) is 20.2. The SMILES string of the molecule is CCC(=C(c1ccc(C=CC(=O)O)cc1)c1ccc2[nH]ncc2c1)c1cccc(O)c1. The zero-order chi connectivity index (χ0) is 21.8. The van der Waals surface area contributed by atoms with Gasteiger partial charge in [0, 0.05) is 11.5 Å². The molecule has 0 spiro atoms. The summed E-state index contributed by atoms with van der Waals surface area (Å²) in [5.74, 6) is -0.752. The monoisotopic (exact) mass is 410 g/mol. The highest BCUT2D eigenvalue weighted by Crippen LogP contribution is 2.36. The number of H-pyrrole nitrogens is 1. The molecule has 3 aromatic carbocycles. The predicted octanol–water partition coefficient (Wildman–Crippen LogP) is 5.74. The first-order valence-corrected chi connectivity index (χ1v) is 10.0. The van der Waals surface area contributed by atoms with Gasteiger partial charge in [0.1, 0.15) is 5.75 Å². The maximum Gasteiger partial charge on any atom is 0.328 e. The average Bonchev–Trinajstić information content (AvgIpc) is 3.24. The summed E-state index contributed by atoms with van der Waals surface area (Å²) in [6.45, 7) is 2.10. The van der Waals surface area contributed by atoms with Crippen LogP contribution in [0.3, 0.4) is 0 Å². The molecule has 0 fully saturated rings. The number of carboxylic acids is 1. The summed E-state index contributed by atoms with van der Waals surface area (Å²) in [7, 11) is 0. The molecule has 0 saturated heterocycles. The van der Waals surface area contributed by atoms with Crippen LogP contribution in [0.15, 0.2) is 79.0 Å². The average molecular weight is 410 g/mol. The Balaban J connectivity index is 1.91. The highest BCUT2D eigenvalue weighted by atomic mass is 16.4. The molecule has 0 aliphatic carbocycles. The number of phenols is 1. The summed E-state index contributed by atoms with van der Waals surface area (Å²) in [5, 5.41) is 27.0. The van der Waals surface area contributed by atoms with Crippen molar-refractivity contribution in [2.75, 3.05) is 0 Å². The second-order valence-electron chi connectivity index (χ2n) is 7.22. The van der Waals surface area contributed by atoms with E-state index in [0.29, 0.717) is 0 Å². The Hall–Kier alpha value is -4.12.